The summed E-state index contributed by atoms with van der Waals surface area (Å²) in [4.78, 5) is 0. The van der Waals surface area contributed by atoms with Crippen LogP contribution in [0.1, 0.15) is 17.9 Å². The Morgan fingerprint density at radius 1 is 1.00 bits per heavy atom. The van der Waals surface area contributed by atoms with E-state index >= 15 is 0 Å². The van der Waals surface area contributed by atoms with Crippen LogP contribution in [0.3, 0.4) is 0 Å². The maximum absolute atomic E-state index is 5.76. The Kier molecular flexibility index (Phi) is 5.93. The molecule has 100 valence electrons. The van der Waals surface area contributed by atoms with Crippen LogP contribution in [0.25, 0.3) is 0 Å². The average Bonchev–Trinajstić information content (AvgIpc) is 2.45. The highest BCUT2D eigenvalue weighted by Crippen LogP contribution is 2.25. The highest BCUT2D eigenvalue weighted by molar-refractivity contribution is 9.10. The molecule has 0 amide bonds. The average molecular weight is 384 g/mol. The van der Waals surface area contributed by atoms with Crippen molar-refractivity contribution in [3.63, 3.8) is 0 Å². The van der Waals surface area contributed by atoms with Crippen LogP contribution in [0.5, 0.6) is 5.75 Å². The van der Waals surface area contributed by atoms with Gasteiger partial charge in [0.25, 0.3) is 0 Å². The Morgan fingerprint density at radius 2 is 1.79 bits per heavy atom. The molecular weight excluding hydrogens is 368 g/mol. The fourth-order valence-corrected chi connectivity index (χ4v) is 3.04. The molecule has 0 heterocycles. The van der Waals surface area contributed by atoms with Gasteiger partial charge >= 0.3 is 0 Å². The SMILES string of the molecule is BrCC(CCOc1ccccc1)c1cccc(Br)c1. The Hall–Kier alpha value is -0.800. The predicted octanol–water partition coefficient (Wildman–Crippen LogP) is 5.40. The highest BCUT2D eigenvalue weighted by Gasteiger charge is 2.10. The summed E-state index contributed by atoms with van der Waals surface area (Å²) in [6, 6.07) is 18.4. The van der Waals surface area contributed by atoms with E-state index in [1.54, 1.807) is 0 Å². The number of halogens is 2. The van der Waals surface area contributed by atoms with Gasteiger partial charge in [-0.2, -0.15) is 0 Å². The summed E-state index contributed by atoms with van der Waals surface area (Å²) in [5, 5.41) is 0.946. The van der Waals surface area contributed by atoms with Gasteiger partial charge in [0.1, 0.15) is 5.75 Å². The van der Waals surface area contributed by atoms with Crippen LogP contribution in [0, 0.1) is 0 Å². The maximum Gasteiger partial charge on any atom is 0.119 e. The number of para-hydroxylation sites is 1. The number of ether oxygens (including phenoxy) is 1. The van der Waals surface area contributed by atoms with Crippen LogP contribution in [0.2, 0.25) is 0 Å². The molecule has 0 fully saturated rings. The minimum absolute atomic E-state index is 0.473. The van der Waals surface area contributed by atoms with Crippen LogP contribution < -0.4 is 4.74 Å². The van der Waals surface area contributed by atoms with Crippen LogP contribution in [0.4, 0.5) is 0 Å². The van der Waals surface area contributed by atoms with Gasteiger partial charge in [-0.05, 0) is 42.2 Å². The van der Waals surface area contributed by atoms with Crippen LogP contribution >= 0.6 is 31.9 Å². The molecule has 0 aliphatic rings. The molecule has 0 radical (unpaired) electrons. The summed E-state index contributed by atoms with van der Waals surface area (Å²) in [5.41, 5.74) is 1.34. The molecular formula is C16H16Br2O. The molecule has 2 aromatic carbocycles. The Bertz CT molecular complexity index is 499. The van der Waals surface area contributed by atoms with Crippen molar-refractivity contribution >= 4 is 31.9 Å². The fourth-order valence-electron chi connectivity index (χ4n) is 1.93. The molecule has 0 spiro atoms. The molecule has 0 N–H and O–H groups in total. The van der Waals surface area contributed by atoms with E-state index in [2.05, 4.69) is 56.1 Å². The predicted molar refractivity (Wildman–Crippen MR) is 87.2 cm³/mol. The molecule has 0 aliphatic heterocycles. The second kappa shape index (κ2) is 7.71. The molecule has 1 unspecified atom stereocenters. The van der Waals surface area contributed by atoms with Crippen molar-refractivity contribution in [3.8, 4) is 5.75 Å². The van der Waals surface area contributed by atoms with Gasteiger partial charge in [-0.25, -0.2) is 0 Å². The van der Waals surface area contributed by atoms with Gasteiger partial charge in [-0.15, -0.1) is 0 Å². The lowest BCUT2D eigenvalue weighted by atomic mass is 9.98. The minimum Gasteiger partial charge on any atom is -0.494 e. The summed E-state index contributed by atoms with van der Waals surface area (Å²) >= 11 is 7.11. The second-order valence-electron chi connectivity index (χ2n) is 4.36. The van der Waals surface area contributed by atoms with E-state index in [1.165, 1.54) is 5.56 Å². The summed E-state index contributed by atoms with van der Waals surface area (Å²) in [7, 11) is 0. The van der Waals surface area contributed by atoms with Crippen molar-refractivity contribution in [2.24, 2.45) is 0 Å². The van der Waals surface area contributed by atoms with E-state index in [1.807, 2.05) is 30.3 Å². The number of rotatable bonds is 6. The number of alkyl halides is 1. The molecule has 1 nitrogen and oxygen atoms in total. The molecule has 2 rings (SSSR count). The third kappa shape index (κ3) is 4.66. The molecule has 0 bridgehead atoms. The van der Waals surface area contributed by atoms with Crippen molar-refractivity contribution in [1.82, 2.24) is 0 Å². The fraction of sp³-hybridized carbons (Fsp3) is 0.250. The standard InChI is InChI=1S/C16H16Br2O/c17-12-14(13-5-4-6-15(18)11-13)9-10-19-16-7-2-1-3-8-16/h1-8,11,14H,9-10,12H2. The van der Waals surface area contributed by atoms with Crippen molar-refractivity contribution in [1.29, 1.82) is 0 Å². The van der Waals surface area contributed by atoms with Gasteiger partial charge in [0, 0.05) is 9.80 Å². The van der Waals surface area contributed by atoms with Crippen LogP contribution in [-0.2, 0) is 0 Å². The number of hydrogen-bond acceptors (Lipinski definition) is 1. The van der Waals surface area contributed by atoms with Gasteiger partial charge < -0.3 is 4.74 Å². The van der Waals surface area contributed by atoms with Crippen LogP contribution in [0.15, 0.2) is 59.1 Å². The van der Waals surface area contributed by atoms with Crippen LogP contribution in [-0.4, -0.2) is 11.9 Å². The first-order chi connectivity index (χ1) is 9.29. The summed E-state index contributed by atoms with van der Waals surface area (Å²) in [5.74, 6) is 1.41. The summed E-state index contributed by atoms with van der Waals surface area (Å²) < 4.78 is 6.88. The normalized spacial score (nSPS) is 12.1. The zero-order chi connectivity index (χ0) is 13.5. The molecule has 0 aliphatic carbocycles. The Labute approximate surface area is 131 Å². The van der Waals surface area contributed by atoms with Crippen molar-refractivity contribution < 1.29 is 4.74 Å². The van der Waals surface area contributed by atoms with Gasteiger partial charge in [0.05, 0.1) is 6.61 Å². The zero-order valence-corrected chi connectivity index (χ0v) is 13.7. The first-order valence-electron chi connectivity index (χ1n) is 6.29. The van der Waals surface area contributed by atoms with Crippen molar-refractivity contribution in [2.45, 2.75) is 12.3 Å². The topological polar surface area (TPSA) is 9.23 Å². The Morgan fingerprint density at radius 3 is 2.47 bits per heavy atom. The monoisotopic (exact) mass is 382 g/mol. The lowest BCUT2D eigenvalue weighted by Crippen LogP contribution is -2.07. The zero-order valence-electron chi connectivity index (χ0n) is 10.6. The summed E-state index contributed by atoms with van der Waals surface area (Å²) in [6.45, 7) is 0.729. The molecule has 2 aromatic rings. The van der Waals surface area contributed by atoms with E-state index in [9.17, 15) is 0 Å². The highest BCUT2D eigenvalue weighted by atomic mass is 79.9. The first kappa shape index (κ1) is 14.6. The van der Waals surface area contributed by atoms with Gasteiger partial charge in [-0.3, -0.25) is 0 Å². The van der Waals surface area contributed by atoms with E-state index in [-0.39, 0.29) is 0 Å². The largest absolute Gasteiger partial charge is 0.494 e. The van der Waals surface area contributed by atoms with Crippen molar-refractivity contribution in [2.75, 3.05) is 11.9 Å². The van der Waals surface area contributed by atoms with Gasteiger partial charge in [0.15, 0.2) is 0 Å². The quantitative estimate of drug-likeness (QED) is 0.607. The summed E-state index contributed by atoms with van der Waals surface area (Å²) in [6.07, 6.45) is 0.997. The number of benzene rings is 2. The lowest BCUT2D eigenvalue weighted by Gasteiger charge is -2.15. The van der Waals surface area contributed by atoms with Crippen molar-refractivity contribution in [3.05, 3.63) is 64.6 Å². The molecule has 0 saturated carbocycles. The third-order valence-corrected chi connectivity index (χ3v) is 4.26. The molecule has 19 heavy (non-hydrogen) atoms. The van der Waals surface area contributed by atoms with E-state index in [0.717, 1.165) is 28.6 Å². The molecule has 0 aromatic heterocycles. The van der Waals surface area contributed by atoms with E-state index < -0.39 is 0 Å². The third-order valence-electron chi connectivity index (χ3n) is 2.98. The van der Waals surface area contributed by atoms with E-state index in [4.69, 9.17) is 4.74 Å². The smallest absolute Gasteiger partial charge is 0.119 e. The second-order valence-corrected chi connectivity index (χ2v) is 5.92. The van der Waals surface area contributed by atoms with E-state index in [0.29, 0.717) is 5.92 Å². The van der Waals surface area contributed by atoms with Gasteiger partial charge in [-0.1, -0.05) is 62.2 Å². The first-order valence-corrected chi connectivity index (χ1v) is 8.20. The van der Waals surface area contributed by atoms with Gasteiger partial charge in [0.2, 0.25) is 0 Å². The Balaban J connectivity index is 1.89. The molecule has 3 heteroatoms. The lowest BCUT2D eigenvalue weighted by molar-refractivity contribution is 0.302. The maximum atomic E-state index is 5.76. The molecule has 0 saturated heterocycles. The number of hydrogen-bond donors (Lipinski definition) is 0. The molecule has 1 atom stereocenters. The minimum atomic E-state index is 0.473.